The number of nitrogens with one attached hydrogen (secondary N) is 1. The van der Waals surface area contributed by atoms with Crippen LogP contribution in [-0.2, 0) is 19.1 Å². The average Bonchev–Trinajstić information content (AvgIpc) is 3.21. The van der Waals surface area contributed by atoms with E-state index in [1.807, 2.05) is 0 Å². The van der Waals surface area contributed by atoms with Gasteiger partial charge in [0.05, 0.1) is 0 Å². The van der Waals surface area contributed by atoms with Gasteiger partial charge in [0.25, 0.3) is 0 Å². The number of carbonyl (C=O) groups excluding carboxylic acids is 2. The summed E-state index contributed by atoms with van der Waals surface area (Å²) < 4.78 is 6.04. The molecule has 0 bridgehead atoms. The Labute approximate surface area is 358 Å². The van der Waals surface area contributed by atoms with Gasteiger partial charge in [-0.1, -0.05) is 165 Å². The number of nitrogens with two attached hydrogens (primary N) is 1. The maximum absolute atomic E-state index is 12.8. The third-order valence-corrected chi connectivity index (χ3v) is 10.9. The van der Waals surface area contributed by atoms with E-state index >= 15 is 0 Å². The van der Waals surface area contributed by atoms with Gasteiger partial charge in [0.15, 0.2) is 0 Å². The van der Waals surface area contributed by atoms with E-state index in [1.165, 1.54) is 116 Å². The van der Waals surface area contributed by atoms with Crippen molar-refractivity contribution in [3.05, 3.63) is 48.6 Å². The summed E-state index contributed by atoms with van der Waals surface area (Å²) in [5.74, 6) is -1.26. The zero-order chi connectivity index (χ0) is 42.4. The molecule has 2 unspecified atom stereocenters. The van der Waals surface area contributed by atoms with E-state index in [9.17, 15) is 19.5 Å². The molecule has 0 rings (SSSR count). The molecule has 1 amide bonds. The fourth-order valence-corrected chi connectivity index (χ4v) is 7.16. The summed E-state index contributed by atoms with van der Waals surface area (Å²) in [4.78, 5) is 36.5. The van der Waals surface area contributed by atoms with E-state index in [4.69, 9.17) is 10.5 Å². The zero-order valence-electron chi connectivity index (χ0n) is 37.9. The first-order valence-corrected chi connectivity index (χ1v) is 24.5. The summed E-state index contributed by atoms with van der Waals surface area (Å²) in [6, 6.07) is -0.862. The van der Waals surface area contributed by atoms with Crippen molar-refractivity contribution in [3.8, 4) is 0 Å². The molecule has 0 saturated heterocycles. The Bertz CT molecular complexity index is 1050. The molecule has 7 nitrogen and oxygen atoms in total. The van der Waals surface area contributed by atoms with Gasteiger partial charge in [0.2, 0.25) is 5.91 Å². The predicted molar refractivity (Wildman–Crippen MR) is 248 cm³/mol. The van der Waals surface area contributed by atoms with Gasteiger partial charge in [-0.2, -0.15) is 0 Å². The number of unbranched alkanes of at least 4 members (excludes halogenated alkanes) is 22. The third kappa shape index (κ3) is 41.5. The number of hydrogen-bond acceptors (Lipinski definition) is 5. The molecule has 0 fully saturated rings. The monoisotopic (exact) mass is 813 g/mol. The van der Waals surface area contributed by atoms with Crippen LogP contribution in [-0.4, -0.2) is 41.6 Å². The van der Waals surface area contributed by atoms with Crippen LogP contribution >= 0.6 is 0 Å². The van der Waals surface area contributed by atoms with Crippen LogP contribution < -0.4 is 11.1 Å². The minimum absolute atomic E-state index is 0.0335. The molecule has 4 N–H and O–H groups in total. The van der Waals surface area contributed by atoms with Crippen LogP contribution in [0.1, 0.15) is 239 Å². The molecular weight excluding hydrogens is 721 g/mol. The van der Waals surface area contributed by atoms with Gasteiger partial charge in [0.1, 0.15) is 12.1 Å². The van der Waals surface area contributed by atoms with Crippen LogP contribution in [0.2, 0.25) is 0 Å². The van der Waals surface area contributed by atoms with Crippen molar-refractivity contribution in [2.45, 2.75) is 251 Å². The smallest absolute Gasteiger partial charge is 0.326 e. The zero-order valence-corrected chi connectivity index (χ0v) is 37.9. The number of aliphatic carboxylic acids is 1. The maximum atomic E-state index is 12.8. The van der Waals surface area contributed by atoms with Crippen molar-refractivity contribution in [1.82, 2.24) is 5.32 Å². The highest BCUT2D eigenvalue weighted by atomic mass is 16.5. The number of esters is 1. The van der Waals surface area contributed by atoms with Crippen LogP contribution in [0.25, 0.3) is 0 Å². The third-order valence-electron chi connectivity index (χ3n) is 10.9. The molecule has 0 aromatic rings. The van der Waals surface area contributed by atoms with Gasteiger partial charge in [-0.05, 0) is 116 Å². The maximum Gasteiger partial charge on any atom is 0.326 e. The second-order valence-electron chi connectivity index (χ2n) is 16.5. The SMILES string of the molecule is CCCCC/C=C\C/C=C\CCCC(CCCCCCCC(=O)NC(CCCN)C(=O)O)OC(=O)CCCCCCCCCCC/C=C\C/C=C\CCCCCCC. The van der Waals surface area contributed by atoms with Gasteiger partial charge in [0, 0.05) is 12.8 Å². The van der Waals surface area contributed by atoms with E-state index < -0.39 is 12.0 Å². The number of ether oxygens (including phenoxy) is 1. The molecule has 0 saturated carbocycles. The molecule has 0 aliphatic rings. The van der Waals surface area contributed by atoms with Crippen molar-refractivity contribution in [2.75, 3.05) is 6.54 Å². The predicted octanol–water partition coefficient (Wildman–Crippen LogP) is 14.3. The molecule has 7 heteroatoms. The van der Waals surface area contributed by atoms with Crippen molar-refractivity contribution >= 4 is 17.8 Å². The first kappa shape index (κ1) is 55.3. The van der Waals surface area contributed by atoms with Crippen LogP contribution in [0.15, 0.2) is 48.6 Å². The second kappa shape index (κ2) is 45.4. The Kier molecular flexibility index (Phi) is 43.3. The van der Waals surface area contributed by atoms with Crippen LogP contribution in [0, 0.1) is 0 Å². The highest BCUT2D eigenvalue weighted by Gasteiger charge is 2.19. The van der Waals surface area contributed by atoms with E-state index in [0.29, 0.717) is 32.2 Å². The van der Waals surface area contributed by atoms with Crippen LogP contribution in [0.4, 0.5) is 0 Å². The van der Waals surface area contributed by atoms with E-state index in [-0.39, 0.29) is 18.0 Å². The fraction of sp³-hybridized carbons (Fsp3) is 0.784. The van der Waals surface area contributed by atoms with Crippen molar-refractivity contribution in [1.29, 1.82) is 0 Å². The second-order valence-corrected chi connectivity index (χ2v) is 16.5. The molecule has 58 heavy (non-hydrogen) atoms. The number of amides is 1. The number of rotatable bonds is 44. The molecule has 0 spiro atoms. The van der Waals surface area contributed by atoms with Crippen LogP contribution in [0.5, 0.6) is 0 Å². The lowest BCUT2D eigenvalue weighted by Gasteiger charge is -2.18. The molecule has 0 aromatic carbocycles. The highest BCUT2D eigenvalue weighted by Crippen LogP contribution is 2.18. The molecule has 0 aliphatic heterocycles. The summed E-state index contributed by atoms with van der Waals surface area (Å²) in [7, 11) is 0. The molecule has 0 aromatic heterocycles. The highest BCUT2D eigenvalue weighted by molar-refractivity contribution is 5.83. The Balaban J connectivity index is 4.26. The van der Waals surface area contributed by atoms with E-state index in [0.717, 1.165) is 83.5 Å². The lowest BCUT2D eigenvalue weighted by Crippen LogP contribution is -2.40. The lowest BCUT2D eigenvalue weighted by atomic mass is 10.0. The van der Waals surface area contributed by atoms with Crippen LogP contribution in [0.3, 0.4) is 0 Å². The average molecular weight is 813 g/mol. The Hall–Kier alpha value is -2.67. The van der Waals surface area contributed by atoms with Crippen molar-refractivity contribution in [3.63, 3.8) is 0 Å². The standard InChI is InChI=1S/C51H92N2O5/c1-3-5-7-9-11-13-15-16-17-18-19-20-21-22-23-24-26-28-30-35-39-45-50(55)58-47(41-36-32-29-27-25-14-12-10-8-6-4-2)42-37-33-31-34-38-44-49(54)53-48(51(56)57)43-40-46-52/h12,14-16,18-19,27,29,47-48H,3-11,13,17,20-26,28,30-46,52H2,1-2H3,(H,53,54)(H,56,57)/b14-12-,16-15-,19-18-,29-27-. The summed E-state index contributed by atoms with van der Waals surface area (Å²) in [6.45, 7) is 4.91. The molecule has 336 valence electrons. The topological polar surface area (TPSA) is 119 Å². The summed E-state index contributed by atoms with van der Waals surface area (Å²) in [5.41, 5.74) is 5.49. The van der Waals surface area contributed by atoms with Gasteiger partial charge in [-0.3, -0.25) is 9.59 Å². The number of carbonyl (C=O) groups is 3. The van der Waals surface area contributed by atoms with Gasteiger partial charge >= 0.3 is 11.9 Å². The first-order chi connectivity index (χ1) is 28.4. The Morgan fingerprint density at radius 3 is 1.43 bits per heavy atom. The lowest BCUT2D eigenvalue weighted by molar-refractivity contribution is -0.150. The summed E-state index contributed by atoms with van der Waals surface area (Å²) in [5, 5.41) is 12.0. The normalized spacial score (nSPS) is 13.0. The molecule has 0 heterocycles. The Morgan fingerprint density at radius 1 is 0.500 bits per heavy atom. The van der Waals surface area contributed by atoms with Gasteiger partial charge in [-0.15, -0.1) is 0 Å². The van der Waals surface area contributed by atoms with Gasteiger partial charge in [-0.25, -0.2) is 4.79 Å². The Morgan fingerprint density at radius 2 is 0.914 bits per heavy atom. The fourth-order valence-electron chi connectivity index (χ4n) is 7.16. The molecule has 2 atom stereocenters. The van der Waals surface area contributed by atoms with E-state index in [1.54, 1.807) is 0 Å². The van der Waals surface area contributed by atoms with Crippen molar-refractivity contribution < 1.29 is 24.2 Å². The molecule has 0 radical (unpaired) electrons. The van der Waals surface area contributed by atoms with E-state index in [2.05, 4.69) is 67.8 Å². The number of carboxylic acids is 1. The number of hydrogen-bond donors (Lipinski definition) is 3. The molecule has 0 aliphatic carbocycles. The van der Waals surface area contributed by atoms with Gasteiger partial charge < -0.3 is 20.9 Å². The quantitative estimate of drug-likeness (QED) is 0.0320. The molecular formula is C51H92N2O5. The minimum Gasteiger partial charge on any atom is -0.480 e. The largest absolute Gasteiger partial charge is 0.480 e. The summed E-state index contributed by atoms with van der Waals surface area (Å²) >= 11 is 0. The number of carboxylic acid groups (broad SMARTS) is 1. The number of allylic oxidation sites excluding steroid dienone is 8. The summed E-state index contributed by atoms with van der Waals surface area (Å²) in [6.07, 6.45) is 55.9. The first-order valence-electron chi connectivity index (χ1n) is 24.5. The van der Waals surface area contributed by atoms with Crippen molar-refractivity contribution in [2.24, 2.45) is 5.73 Å². The minimum atomic E-state index is -1.01.